The molecular weight excluding hydrogens is 298 g/mol. The fourth-order valence-electron chi connectivity index (χ4n) is 5.39. The maximum Gasteiger partial charge on any atom is 0.228 e. The highest BCUT2D eigenvalue weighted by Crippen LogP contribution is 2.36. The van der Waals surface area contributed by atoms with Gasteiger partial charge in [-0.1, -0.05) is 13.3 Å². The van der Waals surface area contributed by atoms with Crippen LogP contribution in [0, 0.1) is 23.7 Å². The number of rotatable bonds is 4. The van der Waals surface area contributed by atoms with E-state index in [-0.39, 0.29) is 5.92 Å². The largest absolute Gasteiger partial charge is 0.342 e. The van der Waals surface area contributed by atoms with E-state index in [9.17, 15) is 4.79 Å². The smallest absolute Gasteiger partial charge is 0.228 e. The van der Waals surface area contributed by atoms with Crippen LogP contribution in [0.15, 0.2) is 0 Å². The molecule has 136 valence electrons. The van der Waals surface area contributed by atoms with Crippen LogP contribution in [0.1, 0.15) is 51.9 Å². The van der Waals surface area contributed by atoms with Crippen LogP contribution in [0.4, 0.5) is 0 Å². The number of amides is 1. The Bertz CT molecular complexity index is 428. The molecule has 0 atom stereocenters. The van der Waals surface area contributed by atoms with E-state index in [4.69, 9.17) is 0 Å². The zero-order valence-electron chi connectivity index (χ0n) is 15.4. The number of piperidine rings is 1. The zero-order chi connectivity index (χ0) is 16.5. The molecule has 3 aliphatic heterocycles. The quantitative estimate of drug-likeness (QED) is 0.858. The van der Waals surface area contributed by atoms with Gasteiger partial charge in [0.15, 0.2) is 0 Å². The van der Waals surface area contributed by atoms with Crippen LogP contribution in [0.25, 0.3) is 0 Å². The molecule has 4 aliphatic rings. The Labute approximate surface area is 147 Å². The third-order valence-electron chi connectivity index (χ3n) is 7.50. The van der Waals surface area contributed by atoms with E-state index >= 15 is 0 Å². The van der Waals surface area contributed by atoms with Crippen LogP contribution in [-0.4, -0.2) is 61.0 Å². The monoisotopic (exact) mass is 333 g/mol. The van der Waals surface area contributed by atoms with E-state index in [0.717, 1.165) is 50.0 Å². The van der Waals surface area contributed by atoms with Crippen molar-refractivity contribution in [3.05, 3.63) is 0 Å². The highest BCUT2D eigenvalue weighted by atomic mass is 16.2. The fourth-order valence-corrected chi connectivity index (χ4v) is 5.39. The van der Waals surface area contributed by atoms with Crippen LogP contribution >= 0.6 is 0 Å². The molecular formula is C20H35N3O. The van der Waals surface area contributed by atoms with Crippen molar-refractivity contribution in [3.63, 3.8) is 0 Å². The SMILES string of the molecule is CCC1CCC(N2CCC(C3CN(C(=O)C4CNC4)C3)CC2)CC1. The van der Waals surface area contributed by atoms with Gasteiger partial charge in [-0.3, -0.25) is 4.79 Å². The van der Waals surface area contributed by atoms with Crippen LogP contribution < -0.4 is 5.32 Å². The molecule has 3 saturated heterocycles. The molecule has 0 bridgehead atoms. The van der Waals surface area contributed by atoms with Gasteiger partial charge in [-0.2, -0.15) is 0 Å². The van der Waals surface area contributed by atoms with Gasteiger partial charge in [0.1, 0.15) is 0 Å². The second-order valence-corrected chi connectivity index (χ2v) is 8.81. The molecule has 4 fully saturated rings. The number of likely N-dealkylation sites (tertiary alicyclic amines) is 2. The Morgan fingerprint density at radius 2 is 1.62 bits per heavy atom. The summed E-state index contributed by atoms with van der Waals surface area (Å²) in [7, 11) is 0. The molecule has 4 rings (SSSR count). The molecule has 0 spiro atoms. The molecule has 0 aromatic rings. The van der Waals surface area contributed by atoms with E-state index in [1.54, 1.807) is 0 Å². The first-order chi connectivity index (χ1) is 11.7. The van der Waals surface area contributed by atoms with E-state index in [1.807, 2.05) is 0 Å². The summed E-state index contributed by atoms with van der Waals surface area (Å²) in [5.74, 6) is 3.36. The number of carbonyl (C=O) groups is 1. The average Bonchev–Trinajstić information content (AvgIpc) is 2.53. The van der Waals surface area contributed by atoms with E-state index in [0.29, 0.717) is 5.91 Å². The predicted molar refractivity (Wildman–Crippen MR) is 96.8 cm³/mol. The minimum absolute atomic E-state index is 0.283. The van der Waals surface area contributed by atoms with Gasteiger partial charge in [-0.05, 0) is 69.4 Å². The van der Waals surface area contributed by atoms with Crippen molar-refractivity contribution < 1.29 is 4.79 Å². The Balaban J connectivity index is 1.17. The van der Waals surface area contributed by atoms with Crippen molar-refractivity contribution in [2.45, 2.75) is 57.9 Å². The summed E-state index contributed by atoms with van der Waals surface area (Å²) in [4.78, 5) is 17.1. The second-order valence-electron chi connectivity index (χ2n) is 8.81. The Kier molecular flexibility index (Phi) is 5.14. The zero-order valence-corrected chi connectivity index (χ0v) is 15.4. The van der Waals surface area contributed by atoms with Gasteiger partial charge in [-0.25, -0.2) is 0 Å². The minimum Gasteiger partial charge on any atom is -0.342 e. The third-order valence-corrected chi connectivity index (χ3v) is 7.50. The first-order valence-corrected chi connectivity index (χ1v) is 10.5. The summed E-state index contributed by atoms with van der Waals surface area (Å²) >= 11 is 0. The molecule has 24 heavy (non-hydrogen) atoms. The number of carbonyl (C=O) groups excluding carboxylic acids is 1. The van der Waals surface area contributed by atoms with E-state index < -0.39 is 0 Å². The molecule has 0 aromatic carbocycles. The predicted octanol–water partition coefficient (Wildman–Crippen LogP) is 2.34. The molecule has 1 aliphatic carbocycles. The van der Waals surface area contributed by atoms with Crippen molar-refractivity contribution in [3.8, 4) is 0 Å². The molecule has 4 nitrogen and oxygen atoms in total. The van der Waals surface area contributed by atoms with Gasteiger partial charge in [0.2, 0.25) is 5.91 Å². The van der Waals surface area contributed by atoms with E-state index in [2.05, 4.69) is 22.0 Å². The van der Waals surface area contributed by atoms with Crippen molar-refractivity contribution in [1.29, 1.82) is 0 Å². The van der Waals surface area contributed by atoms with Gasteiger partial charge in [0, 0.05) is 32.2 Å². The van der Waals surface area contributed by atoms with Crippen molar-refractivity contribution >= 4 is 5.91 Å². The van der Waals surface area contributed by atoms with Crippen LogP contribution in [0.2, 0.25) is 0 Å². The second kappa shape index (κ2) is 7.33. The standard InChI is InChI=1S/C20H35N3O/c1-2-15-3-5-19(6-4-15)22-9-7-16(8-10-22)18-13-23(14-18)20(24)17-11-21-12-17/h15-19,21H,2-14H2,1H3. The number of nitrogens with one attached hydrogen (secondary N) is 1. The maximum absolute atomic E-state index is 12.2. The van der Waals surface area contributed by atoms with Crippen molar-refractivity contribution in [2.75, 3.05) is 39.3 Å². The minimum atomic E-state index is 0.283. The molecule has 0 unspecified atom stereocenters. The lowest BCUT2D eigenvalue weighted by molar-refractivity contribution is -0.145. The van der Waals surface area contributed by atoms with Gasteiger partial charge in [0.25, 0.3) is 0 Å². The molecule has 1 N–H and O–H groups in total. The normalized spacial score (nSPS) is 34.0. The summed E-state index contributed by atoms with van der Waals surface area (Å²) < 4.78 is 0. The molecule has 1 amide bonds. The molecule has 1 saturated carbocycles. The lowest BCUT2D eigenvalue weighted by Crippen LogP contribution is -2.60. The molecule has 0 aromatic heterocycles. The van der Waals surface area contributed by atoms with Gasteiger partial charge in [-0.15, -0.1) is 0 Å². The summed E-state index contributed by atoms with van der Waals surface area (Å²) in [6.45, 7) is 8.86. The topological polar surface area (TPSA) is 35.6 Å². The van der Waals surface area contributed by atoms with Crippen LogP contribution in [0.5, 0.6) is 0 Å². The Morgan fingerprint density at radius 1 is 0.958 bits per heavy atom. The van der Waals surface area contributed by atoms with Crippen molar-refractivity contribution in [1.82, 2.24) is 15.1 Å². The van der Waals surface area contributed by atoms with Crippen molar-refractivity contribution in [2.24, 2.45) is 23.7 Å². The highest BCUT2D eigenvalue weighted by Gasteiger charge is 2.41. The molecule has 4 heteroatoms. The fraction of sp³-hybridized carbons (Fsp3) is 0.950. The summed E-state index contributed by atoms with van der Waals surface area (Å²) in [5.41, 5.74) is 0. The summed E-state index contributed by atoms with van der Waals surface area (Å²) in [6.07, 6.45) is 9.89. The number of hydrogen-bond donors (Lipinski definition) is 1. The maximum atomic E-state index is 12.2. The van der Waals surface area contributed by atoms with Gasteiger partial charge in [0.05, 0.1) is 5.92 Å². The first-order valence-electron chi connectivity index (χ1n) is 10.5. The highest BCUT2D eigenvalue weighted by molar-refractivity contribution is 5.81. The van der Waals surface area contributed by atoms with E-state index in [1.165, 1.54) is 58.0 Å². The lowest BCUT2D eigenvalue weighted by Gasteiger charge is -2.49. The third kappa shape index (κ3) is 3.37. The average molecular weight is 334 g/mol. The molecule has 0 radical (unpaired) electrons. The summed E-state index contributed by atoms with van der Waals surface area (Å²) in [6, 6.07) is 0.874. The first kappa shape index (κ1) is 16.8. The number of hydrogen-bond acceptors (Lipinski definition) is 3. The van der Waals surface area contributed by atoms with Gasteiger partial charge < -0.3 is 15.1 Å². The van der Waals surface area contributed by atoms with Crippen LogP contribution in [0.3, 0.4) is 0 Å². The lowest BCUT2D eigenvalue weighted by atomic mass is 9.77. The molecule has 3 heterocycles. The summed E-state index contributed by atoms with van der Waals surface area (Å²) in [5, 5.41) is 3.21. The Hall–Kier alpha value is -0.610. The number of nitrogens with zero attached hydrogens (tertiary/aromatic N) is 2. The van der Waals surface area contributed by atoms with Crippen LogP contribution in [-0.2, 0) is 4.79 Å². The van der Waals surface area contributed by atoms with Gasteiger partial charge >= 0.3 is 0 Å². The Morgan fingerprint density at radius 3 is 2.17 bits per heavy atom.